The van der Waals surface area contributed by atoms with Gasteiger partial charge in [-0.2, -0.15) is 0 Å². The fourth-order valence-corrected chi connectivity index (χ4v) is 2.04. The maximum Gasteiger partial charge on any atom is 0.323 e. The number of carbonyl (C=O) groups excluding carboxylic acids is 2. The SMILES string of the molecule is Cl.N[C@@H](CCC(=O)OCc1ccccc1)C(=O)OCc1ccccc1. The lowest BCUT2D eigenvalue weighted by molar-refractivity contribution is -0.148. The van der Waals surface area contributed by atoms with Crippen LogP contribution in [0, 0.1) is 0 Å². The highest BCUT2D eigenvalue weighted by Crippen LogP contribution is 2.06. The van der Waals surface area contributed by atoms with E-state index >= 15 is 0 Å². The first-order valence-electron chi connectivity index (χ1n) is 7.81. The van der Waals surface area contributed by atoms with E-state index in [1.165, 1.54) is 0 Å². The predicted molar refractivity (Wildman–Crippen MR) is 96.9 cm³/mol. The van der Waals surface area contributed by atoms with E-state index in [1.54, 1.807) is 0 Å². The minimum absolute atomic E-state index is 0. The van der Waals surface area contributed by atoms with Crippen LogP contribution in [0.1, 0.15) is 24.0 Å². The number of halogens is 1. The van der Waals surface area contributed by atoms with Gasteiger partial charge in [-0.25, -0.2) is 0 Å². The Kier molecular flexibility index (Phi) is 9.29. The zero-order valence-corrected chi connectivity index (χ0v) is 14.6. The molecule has 134 valence electrons. The fraction of sp³-hybridized carbons (Fsp3) is 0.263. The standard InChI is InChI=1S/C19H21NO4.ClH/c20-17(19(22)24-14-16-9-5-2-6-10-16)11-12-18(21)23-13-15-7-3-1-4-8-15;/h1-10,17H,11-14,20H2;1H/t17-;/m0./s1. The normalized spacial score (nSPS) is 11.1. The third-order valence-electron chi connectivity index (χ3n) is 3.43. The minimum Gasteiger partial charge on any atom is -0.461 e. The van der Waals surface area contributed by atoms with E-state index in [4.69, 9.17) is 15.2 Å². The first-order valence-corrected chi connectivity index (χ1v) is 7.81. The van der Waals surface area contributed by atoms with Crippen molar-refractivity contribution in [2.45, 2.75) is 32.1 Å². The predicted octanol–water partition coefficient (Wildman–Crippen LogP) is 3.00. The average molecular weight is 364 g/mol. The van der Waals surface area contributed by atoms with Gasteiger partial charge >= 0.3 is 11.9 Å². The molecule has 0 aliphatic heterocycles. The van der Waals surface area contributed by atoms with Crippen LogP contribution in [-0.2, 0) is 32.3 Å². The van der Waals surface area contributed by atoms with E-state index in [2.05, 4.69) is 0 Å². The Labute approximate surface area is 153 Å². The molecule has 5 nitrogen and oxygen atoms in total. The van der Waals surface area contributed by atoms with Crippen molar-refractivity contribution in [3.63, 3.8) is 0 Å². The van der Waals surface area contributed by atoms with Gasteiger partial charge in [0.05, 0.1) is 0 Å². The minimum atomic E-state index is -0.835. The lowest BCUT2D eigenvalue weighted by Crippen LogP contribution is -2.32. The van der Waals surface area contributed by atoms with Gasteiger partial charge in [0.2, 0.25) is 0 Å². The second-order valence-electron chi connectivity index (χ2n) is 5.38. The number of esters is 2. The summed E-state index contributed by atoms with van der Waals surface area (Å²) in [5, 5.41) is 0. The number of hydrogen-bond donors (Lipinski definition) is 1. The molecule has 0 saturated heterocycles. The Hall–Kier alpha value is -2.37. The number of nitrogens with two attached hydrogens (primary N) is 1. The Morgan fingerprint density at radius 3 is 1.84 bits per heavy atom. The molecule has 2 N–H and O–H groups in total. The molecule has 2 aromatic rings. The van der Waals surface area contributed by atoms with Crippen LogP contribution in [0.5, 0.6) is 0 Å². The maximum atomic E-state index is 11.8. The van der Waals surface area contributed by atoms with Crippen LogP contribution in [0.4, 0.5) is 0 Å². The van der Waals surface area contributed by atoms with Crippen LogP contribution in [0.3, 0.4) is 0 Å². The monoisotopic (exact) mass is 363 g/mol. The van der Waals surface area contributed by atoms with Crippen LogP contribution in [-0.4, -0.2) is 18.0 Å². The molecule has 0 aromatic heterocycles. The Morgan fingerprint density at radius 1 is 0.840 bits per heavy atom. The third kappa shape index (κ3) is 7.83. The zero-order chi connectivity index (χ0) is 17.2. The molecule has 0 aliphatic rings. The van der Waals surface area contributed by atoms with E-state index in [9.17, 15) is 9.59 Å². The topological polar surface area (TPSA) is 78.6 Å². The van der Waals surface area contributed by atoms with Gasteiger partial charge in [-0.3, -0.25) is 9.59 Å². The molecule has 0 heterocycles. The number of benzene rings is 2. The maximum absolute atomic E-state index is 11.8. The van der Waals surface area contributed by atoms with Crippen LogP contribution >= 0.6 is 12.4 Å². The van der Waals surface area contributed by atoms with Crippen LogP contribution < -0.4 is 5.73 Å². The van der Waals surface area contributed by atoms with Gasteiger partial charge in [0.25, 0.3) is 0 Å². The van der Waals surface area contributed by atoms with Crippen molar-refractivity contribution >= 4 is 24.3 Å². The molecule has 2 rings (SSSR count). The molecular weight excluding hydrogens is 342 g/mol. The summed E-state index contributed by atoms with van der Waals surface area (Å²) in [6, 6.07) is 17.9. The summed E-state index contributed by atoms with van der Waals surface area (Å²) in [4.78, 5) is 23.5. The van der Waals surface area contributed by atoms with E-state index in [-0.39, 0.29) is 44.4 Å². The van der Waals surface area contributed by atoms with Crippen molar-refractivity contribution in [1.82, 2.24) is 0 Å². The Balaban J connectivity index is 0.00000312. The van der Waals surface area contributed by atoms with Gasteiger partial charge in [0, 0.05) is 6.42 Å². The van der Waals surface area contributed by atoms with E-state index in [0.717, 1.165) is 11.1 Å². The smallest absolute Gasteiger partial charge is 0.323 e. The first-order chi connectivity index (χ1) is 11.6. The van der Waals surface area contributed by atoms with Gasteiger partial charge in [0.1, 0.15) is 19.3 Å². The summed E-state index contributed by atoms with van der Waals surface area (Å²) >= 11 is 0. The van der Waals surface area contributed by atoms with Crippen molar-refractivity contribution in [2.24, 2.45) is 5.73 Å². The molecule has 0 radical (unpaired) electrons. The zero-order valence-electron chi connectivity index (χ0n) is 13.8. The van der Waals surface area contributed by atoms with E-state index in [1.807, 2.05) is 60.7 Å². The van der Waals surface area contributed by atoms with Crippen molar-refractivity contribution in [3.05, 3.63) is 71.8 Å². The van der Waals surface area contributed by atoms with Crippen molar-refractivity contribution in [3.8, 4) is 0 Å². The highest BCUT2D eigenvalue weighted by atomic mass is 35.5. The summed E-state index contributed by atoms with van der Waals surface area (Å²) in [6.45, 7) is 0.388. The van der Waals surface area contributed by atoms with Crippen molar-refractivity contribution in [1.29, 1.82) is 0 Å². The fourth-order valence-electron chi connectivity index (χ4n) is 2.04. The second-order valence-corrected chi connectivity index (χ2v) is 5.38. The number of rotatable bonds is 8. The summed E-state index contributed by atoms with van der Waals surface area (Å²) in [5.41, 5.74) is 7.56. The Morgan fingerprint density at radius 2 is 1.32 bits per heavy atom. The molecule has 0 spiro atoms. The van der Waals surface area contributed by atoms with Crippen LogP contribution in [0.2, 0.25) is 0 Å². The molecule has 6 heteroatoms. The molecule has 0 fully saturated rings. The number of ether oxygens (including phenoxy) is 2. The van der Waals surface area contributed by atoms with Gasteiger partial charge in [-0.1, -0.05) is 60.7 Å². The van der Waals surface area contributed by atoms with Crippen LogP contribution in [0.15, 0.2) is 60.7 Å². The summed E-state index contributed by atoms with van der Waals surface area (Å²) in [7, 11) is 0. The summed E-state index contributed by atoms with van der Waals surface area (Å²) in [6.07, 6.45) is 0.273. The molecule has 0 unspecified atom stereocenters. The molecule has 0 amide bonds. The number of carbonyl (C=O) groups is 2. The average Bonchev–Trinajstić information content (AvgIpc) is 2.64. The molecule has 1 atom stereocenters. The quantitative estimate of drug-likeness (QED) is 0.729. The van der Waals surface area contributed by atoms with Gasteiger partial charge in [-0.05, 0) is 17.5 Å². The van der Waals surface area contributed by atoms with E-state index < -0.39 is 12.0 Å². The van der Waals surface area contributed by atoms with Gasteiger partial charge < -0.3 is 15.2 Å². The summed E-state index contributed by atoms with van der Waals surface area (Å²) in [5.74, 6) is -0.903. The van der Waals surface area contributed by atoms with Gasteiger partial charge in [-0.15, -0.1) is 12.4 Å². The second kappa shape index (κ2) is 11.2. The van der Waals surface area contributed by atoms with Crippen LogP contribution in [0.25, 0.3) is 0 Å². The first kappa shape index (κ1) is 20.7. The molecule has 25 heavy (non-hydrogen) atoms. The third-order valence-corrected chi connectivity index (χ3v) is 3.43. The van der Waals surface area contributed by atoms with Gasteiger partial charge in [0.15, 0.2) is 0 Å². The summed E-state index contributed by atoms with van der Waals surface area (Å²) < 4.78 is 10.3. The highest BCUT2D eigenvalue weighted by Gasteiger charge is 2.17. The lowest BCUT2D eigenvalue weighted by Gasteiger charge is -2.11. The molecular formula is C19H22ClNO4. The van der Waals surface area contributed by atoms with Crippen molar-refractivity contribution < 1.29 is 19.1 Å². The Bertz CT molecular complexity index is 649. The largest absolute Gasteiger partial charge is 0.461 e. The molecule has 2 aromatic carbocycles. The molecule has 0 bridgehead atoms. The lowest BCUT2D eigenvalue weighted by atomic mass is 10.1. The van der Waals surface area contributed by atoms with E-state index in [0.29, 0.717) is 0 Å². The molecule has 0 saturated carbocycles. The number of hydrogen-bond acceptors (Lipinski definition) is 5. The van der Waals surface area contributed by atoms with Crippen molar-refractivity contribution in [2.75, 3.05) is 0 Å². The highest BCUT2D eigenvalue weighted by molar-refractivity contribution is 5.85. The molecule has 0 aliphatic carbocycles.